The number of Topliss-reactive ketones (excluding diaryl/α,β-unsaturated/α-hetero) is 1. The highest BCUT2D eigenvalue weighted by Crippen LogP contribution is 2.24. The summed E-state index contributed by atoms with van der Waals surface area (Å²) in [7, 11) is 0. The summed E-state index contributed by atoms with van der Waals surface area (Å²) >= 11 is 0. The molecule has 0 unspecified atom stereocenters. The number of carbonyl (C=O) groups is 1. The number of phenolic OH excluding ortho intramolecular Hbond substituents is 1. The molecule has 0 saturated carbocycles. The molecule has 0 aliphatic heterocycles. The predicted molar refractivity (Wildman–Crippen MR) is 56.8 cm³/mol. The van der Waals surface area contributed by atoms with Crippen LogP contribution in [0.1, 0.15) is 41.8 Å². The number of carbonyl (C=O) groups excluding carboxylic acids is 1. The van der Waals surface area contributed by atoms with Crippen LogP contribution in [0.15, 0.2) is 12.1 Å². The van der Waals surface area contributed by atoms with E-state index in [0.717, 1.165) is 24.0 Å². The van der Waals surface area contributed by atoms with Crippen molar-refractivity contribution >= 4 is 5.78 Å². The molecule has 2 heteroatoms. The van der Waals surface area contributed by atoms with Crippen LogP contribution in [0.2, 0.25) is 0 Å². The molecule has 76 valence electrons. The summed E-state index contributed by atoms with van der Waals surface area (Å²) in [6.45, 7) is 5.42. The highest BCUT2D eigenvalue weighted by Gasteiger charge is 2.10. The van der Waals surface area contributed by atoms with Gasteiger partial charge in [-0.15, -0.1) is 0 Å². The second-order valence-electron chi connectivity index (χ2n) is 3.61. The highest BCUT2D eigenvalue weighted by atomic mass is 16.3. The van der Waals surface area contributed by atoms with Crippen molar-refractivity contribution in [3.63, 3.8) is 0 Å². The molecule has 1 N–H and O–H groups in total. The normalized spacial score (nSPS) is 10.2. The van der Waals surface area contributed by atoms with E-state index in [1.54, 1.807) is 6.07 Å². The maximum Gasteiger partial charge on any atom is 0.163 e. The van der Waals surface area contributed by atoms with E-state index >= 15 is 0 Å². The Morgan fingerprint density at radius 3 is 2.50 bits per heavy atom. The molecule has 14 heavy (non-hydrogen) atoms. The lowest BCUT2D eigenvalue weighted by atomic mass is 9.99. The Labute approximate surface area is 84.6 Å². The number of ketones is 1. The van der Waals surface area contributed by atoms with Gasteiger partial charge in [-0.1, -0.05) is 19.4 Å². The van der Waals surface area contributed by atoms with Crippen LogP contribution in [0, 0.1) is 6.92 Å². The molecule has 1 aromatic carbocycles. The van der Waals surface area contributed by atoms with E-state index < -0.39 is 0 Å². The Kier molecular flexibility index (Phi) is 3.28. The Bertz CT molecular complexity index is 330. The van der Waals surface area contributed by atoms with E-state index in [-0.39, 0.29) is 11.5 Å². The van der Waals surface area contributed by atoms with E-state index in [1.165, 1.54) is 6.92 Å². The first-order valence-electron chi connectivity index (χ1n) is 4.89. The zero-order valence-corrected chi connectivity index (χ0v) is 8.92. The summed E-state index contributed by atoms with van der Waals surface area (Å²) in [6.07, 6.45) is 1.98. The molecule has 1 rings (SSSR count). The highest BCUT2D eigenvalue weighted by molar-refractivity contribution is 5.98. The molecule has 0 spiro atoms. The lowest BCUT2D eigenvalue weighted by molar-refractivity contribution is 0.101. The predicted octanol–water partition coefficient (Wildman–Crippen LogP) is 2.86. The molecule has 0 aromatic heterocycles. The zero-order chi connectivity index (χ0) is 10.7. The maximum absolute atomic E-state index is 11.2. The molecule has 0 heterocycles. The van der Waals surface area contributed by atoms with Gasteiger partial charge in [0.25, 0.3) is 0 Å². The minimum atomic E-state index is -0.0805. The molecule has 0 saturated heterocycles. The smallest absolute Gasteiger partial charge is 0.163 e. The molecular formula is C12H16O2. The molecule has 0 radical (unpaired) electrons. The van der Waals surface area contributed by atoms with Crippen molar-refractivity contribution in [2.45, 2.75) is 33.6 Å². The van der Waals surface area contributed by atoms with Crippen LogP contribution in [-0.2, 0) is 6.42 Å². The topological polar surface area (TPSA) is 37.3 Å². The first-order valence-corrected chi connectivity index (χ1v) is 4.89. The van der Waals surface area contributed by atoms with Gasteiger partial charge in [0.05, 0.1) is 5.56 Å². The monoisotopic (exact) mass is 192 g/mol. The minimum absolute atomic E-state index is 0.0805. The molecule has 0 aliphatic carbocycles. The van der Waals surface area contributed by atoms with Gasteiger partial charge in [-0.3, -0.25) is 4.79 Å². The molecule has 0 bridgehead atoms. The summed E-state index contributed by atoms with van der Waals surface area (Å²) < 4.78 is 0. The summed E-state index contributed by atoms with van der Waals surface area (Å²) in [5.41, 5.74) is 2.40. The fraction of sp³-hybridized carbons (Fsp3) is 0.417. The van der Waals surface area contributed by atoms with Crippen molar-refractivity contribution < 1.29 is 9.90 Å². The van der Waals surface area contributed by atoms with E-state index in [4.69, 9.17) is 0 Å². The van der Waals surface area contributed by atoms with Crippen LogP contribution in [0.25, 0.3) is 0 Å². The fourth-order valence-corrected chi connectivity index (χ4v) is 1.73. The van der Waals surface area contributed by atoms with Crippen molar-refractivity contribution in [1.82, 2.24) is 0 Å². The average molecular weight is 192 g/mol. The van der Waals surface area contributed by atoms with Crippen LogP contribution in [-0.4, -0.2) is 10.9 Å². The van der Waals surface area contributed by atoms with Gasteiger partial charge in [-0.05, 0) is 37.5 Å². The largest absolute Gasteiger partial charge is 0.507 e. The lowest BCUT2D eigenvalue weighted by Crippen LogP contribution is -1.98. The van der Waals surface area contributed by atoms with E-state index in [0.29, 0.717) is 5.56 Å². The zero-order valence-electron chi connectivity index (χ0n) is 8.92. The molecule has 2 nitrogen and oxygen atoms in total. The van der Waals surface area contributed by atoms with Crippen LogP contribution in [0.4, 0.5) is 0 Å². The molecule has 0 amide bonds. The third-order valence-electron chi connectivity index (χ3n) is 2.27. The summed E-state index contributed by atoms with van der Waals surface area (Å²) in [4.78, 5) is 11.2. The molecule has 1 aromatic rings. The van der Waals surface area contributed by atoms with Crippen LogP contribution in [0.3, 0.4) is 0 Å². The van der Waals surface area contributed by atoms with E-state index in [2.05, 4.69) is 6.92 Å². The molecular weight excluding hydrogens is 176 g/mol. The molecule has 0 fully saturated rings. The summed E-state index contributed by atoms with van der Waals surface area (Å²) in [6, 6.07) is 3.66. The second-order valence-corrected chi connectivity index (χ2v) is 3.61. The second kappa shape index (κ2) is 4.27. The van der Waals surface area contributed by atoms with E-state index in [9.17, 15) is 9.90 Å². The number of aromatic hydroxyl groups is 1. The lowest BCUT2D eigenvalue weighted by Gasteiger charge is -2.08. The average Bonchev–Trinajstić information content (AvgIpc) is 2.01. The Hall–Kier alpha value is -1.31. The quantitative estimate of drug-likeness (QED) is 0.748. The number of benzene rings is 1. The van der Waals surface area contributed by atoms with Crippen molar-refractivity contribution in [2.24, 2.45) is 0 Å². The van der Waals surface area contributed by atoms with Crippen molar-refractivity contribution in [3.05, 3.63) is 28.8 Å². The van der Waals surface area contributed by atoms with Gasteiger partial charge in [0.1, 0.15) is 5.75 Å². The summed E-state index contributed by atoms with van der Waals surface area (Å²) in [5.74, 6) is 0.0315. The van der Waals surface area contributed by atoms with Crippen LogP contribution in [0.5, 0.6) is 5.75 Å². The number of phenols is 1. The van der Waals surface area contributed by atoms with Gasteiger partial charge in [-0.25, -0.2) is 0 Å². The van der Waals surface area contributed by atoms with Gasteiger partial charge in [-0.2, -0.15) is 0 Å². The minimum Gasteiger partial charge on any atom is -0.507 e. The van der Waals surface area contributed by atoms with Crippen molar-refractivity contribution in [3.8, 4) is 5.75 Å². The van der Waals surface area contributed by atoms with Crippen LogP contribution >= 0.6 is 0 Å². The SMILES string of the molecule is CCCc1cc(C)c(C(C)=O)c(O)c1. The van der Waals surface area contributed by atoms with Gasteiger partial charge in [0.15, 0.2) is 5.78 Å². The Morgan fingerprint density at radius 1 is 1.43 bits per heavy atom. The Morgan fingerprint density at radius 2 is 2.07 bits per heavy atom. The number of hydrogen-bond donors (Lipinski definition) is 1. The molecule has 0 aliphatic rings. The fourth-order valence-electron chi connectivity index (χ4n) is 1.73. The van der Waals surface area contributed by atoms with Gasteiger partial charge < -0.3 is 5.11 Å². The third-order valence-corrected chi connectivity index (χ3v) is 2.27. The first-order chi connectivity index (χ1) is 6.56. The van der Waals surface area contributed by atoms with E-state index in [1.807, 2.05) is 13.0 Å². The Balaban J connectivity index is 3.18. The summed E-state index contributed by atoms with van der Waals surface area (Å²) in [5, 5.41) is 9.65. The standard InChI is InChI=1S/C12H16O2/c1-4-5-10-6-8(2)12(9(3)13)11(14)7-10/h6-7,14H,4-5H2,1-3H3. The molecule has 0 atom stereocenters. The number of aryl methyl sites for hydroxylation is 2. The third kappa shape index (κ3) is 2.13. The number of hydrogen-bond acceptors (Lipinski definition) is 2. The van der Waals surface area contributed by atoms with Crippen molar-refractivity contribution in [1.29, 1.82) is 0 Å². The number of rotatable bonds is 3. The van der Waals surface area contributed by atoms with Gasteiger partial charge in [0, 0.05) is 0 Å². The first kappa shape index (κ1) is 10.8. The van der Waals surface area contributed by atoms with Crippen LogP contribution < -0.4 is 0 Å². The van der Waals surface area contributed by atoms with Gasteiger partial charge in [0.2, 0.25) is 0 Å². The van der Waals surface area contributed by atoms with Gasteiger partial charge >= 0.3 is 0 Å². The maximum atomic E-state index is 11.2. The van der Waals surface area contributed by atoms with Crippen molar-refractivity contribution in [2.75, 3.05) is 0 Å².